The van der Waals surface area contributed by atoms with Gasteiger partial charge in [0.15, 0.2) is 0 Å². The van der Waals surface area contributed by atoms with Crippen molar-refractivity contribution < 1.29 is 9.90 Å². The average molecular weight is 276 g/mol. The van der Waals surface area contributed by atoms with Crippen molar-refractivity contribution in [2.24, 2.45) is 0 Å². The van der Waals surface area contributed by atoms with E-state index < -0.39 is 0 Å². The Labute approximate surface area is 120 Å². The quantitative estimate of drug-likeness (QED) is 0.890. The summed E-state index contributed by atoms with van der Waals surface area (Å²) in [6, 6.07) is 5.58. The number of amides is 1. The molecule has 0 saturated carbocycles. The molecule has 2 rings (SSSR count). The van der Waals surface area contributed by atoms with Gasteiger partial charge in [-0.1, -0.05) is 13.8 Å². The maximum atomic E-state index is 12.8. The van der Waals surface area contributed by atoms with Crippen LogP contribution in [0.5, 0.6) is 5.75 Å². The highest BCUT2D eigenvalue weighted by molar-refractivity contribution is 5.96. The van der Waals surface area contributed by atoms with Crippen LogP contribution in [0.2, 0.25) is 0 Å². The number of benzene rings is 1. The first-order valence-corrected chi connectivity index (χ1v) is 7.40. The van der Waals surface area contributed by atoms with Crippen molar-refractivity contribution >= 4 is 5.91 Å². The molecular weight excluding hydrogens is 252 g/mol. The lowest BCUT2D eigenvalue weighted by Gasteiger charge is -2.40. The van der Waals surface area contributed by atoms with Crippen LogP contribution in [0, 0.1) is 6.92 Å². The molecule has 0 bridgehead atoms. The number of hydrogen-bond acceptors (Lipinski definition) is 3. The molecule has 1 amide bonds. The highest BCUT2D eigenvalue weighted by Crippen LogP contribution is 2.21. The number of piperazine rings is 1. The fourth-order valence-corrected chi connectivity index (χ4v) is 2.79. The number of nitrogens with zero attached hydrogens (tertiary/aromatic N) is 1. The monoisotopic (exact) mass is 276 g/mol. The average Bonchev–Trinajstić information content (AvgIpc) is 2.46. The summed E-state index contributed by atoms with van der Waals surface area (Å²) in [4.78, 5) is 14.8. The molecule has 1 aromatic carbocycles. The highest BCUT2D eigenvalue weighted by atomic mass is 16.3. The number of phenols is 1. The molecule has 1 fully saturated rings. The fourth-order valence-electron chi connectivity index (χ4n) is 2.79. The molecule has 1 aliphatic heterocycles. The summed E-state index contributed by atoms with van der Waals surface area (Å²) in [5.41, 5.74) is 1.52. The minimum absolute atomic E-state index is 0.0781. The van der Waals surface area contributed by atoms with Gasteiger partial charge in [-0.3, -0.25) is 4.79 Å². The molecule has 4 nitrogen and oxygen atoms in total. The Balaban J connectivity index is 2.24. The van der Waals surface area contributed by atoms with Gasteiger partial charge in [0.25, 0.3) is 5.91 Å². The zero-order chi connectivity index (χ0) is 14.7. The number of aromatic hydroxyl groups is 1. The van der Waals surface area contributed by atoms with E-state index in [4.69, 9.17) is 0 Å². The topological polar surface area (TPSA) is 52.6 Å². The molecule has 2 atom stereocenters. The lowest BCUT2D eigenvalue weighted by molar-refractivity contribution is 0.0575. The molecule has 0 spiro atoms. The summed E-state index contributed by atoms with van der Waals surface area (Å²) >= 11 is 0. The lowest BCUT2D eigenvalue weighted by atomic mass is 10.0. The van der Waals surface area contributed by atoms with Gasteiger partial charge in [-0.25, -0.2) is 0 Å². The molecule has 0 aromatic heterocycles. The number of carbonyl (C=O) groups is 1. The fraction of sp³-hybridized carbons (Fsp3) is 0.562. The number of hydrogen-bond donors (Lipinski definition) is 2. The molecule has 20 heavy (non-hydrogen) atoms. The number of carbonyl (C=O) groups excluding carboxylic acids is 1. The molecule has 0 aliphatic carbocycles. The van der Waals surface area contributed by atoms with Crippen molar-refractivity contribution in [2.75, 3.05) is 13.1 Å². The van der Waals surface area contributed by atoms with E-state index in [0.717, 1.165) is 31.5 Å². The second-order valence-electron chi connectivity index (χ2n) is 5.53. The van der Waals surface area contributed by atoms with Crippen molar-refractivity contribution in [2.45, 2.75) is 45.7 Å². The van der Waals surface area contributed by atoms with E-state index in [0.29, 0.717) is 11.6 Å². The lowest BCUT2D eigenvalue weighted by Crippen LogP contribution is -2.58. The third-order valence-corrected chi connectivity index (χ3v) is 4.17. The standard InChI is InChI=1S/C16H24N2O2/c1-4-12-10-18(13(5-2)9-17-12)16(20)15-7-6-14(19)8-11(15)3/h6-8,12-13,17,19H,4-5,9-10H2,1-3H3. The van der Waals surface area contributed by atoms with Crippen molar-refractivity contribution in [1.29, 1.82) is 0 Å². The zero-order valence-corrected chi connectivity index (χ0v) is 12.5. The third kappa shape index (κ3) is 2.96. The van der Waals surface area contributed by atoms with E-state index in [1.807, 2.05) is 11.8 Å². The Bertz CT molecular complexity index is 487. The Hall–Kier alpha value is -1.55. The van der Waals surface area contributed by atoms with Gasteiger partial charge in [0.1, 0.15) is 5.75 Å². The molecular formula is C16H24N2O2. The normalized spacial score (nSPS) is 22.9. The first-order chi connectivity index (χ1) is 9.56. The molecule has 1 saturated heterocycles. The maximum Gasteiger partial charge on any atom is 0.254 e. The van der Waals surface area contributed by atoms with Crippen LogP contribution in [0.15, 0.2) is 18.2 Å². The van der Waals surface area contributed by atoms with Gasteiger partial charge in [-0.05, 0) is 43.5 Å². The SMILES string of the molecule is CCC1CN(C(=O)c2ccc(O)cc2C)C(CC)CN1. The summed E-state index contributed by atoms with van der Waals surface area (Å²) < 4.78 is 0. The first kappa shape index (κ1) is 14.9. The van der Waals surface area contributed by atoms with E-state index in [-0.39, 0.29) is 17.7 Å². The summed E-state index contributed by atoms with van der Waals surface area (Å²) in [5, 5.41) is 13.0. The van der Waals surface area contributed by atoms with Gasteiger partial charge in [0, 0.05) is 30.7 Å². The van der Waals surface area contributed by atoms with Crippen molar-refractivity contribution in [3.63, 3.8) is 0 Å². The van der Waals surface area contributed by atoms with Crippen molar-refractivity contribution in [1.82, 2.24) is 10.2 Å². The first-order valence-electron chi connectivity index (χ1n) is 7.40. The largest absolute Gasteiger partial charge is 0.508 e. The van der Waals surface area contributed by atoms with Gasteiger partial charge in [-0.2, -0.15) is 0 Å². The van der Waals surface area contributed by atoms with Crippen molar-refractivity contribution in [3.05, 3.63) is 29.3 Å². The van der Waals surface area contributed by atoms with E-state index in [9.17, 15) is 9.90 Å². The smallest absolute Gasteiger partial charge is 0.254 e. The van der Waals surface area contributed by atoms with Gasteiger partial charge in [-0.15, -0.1) is 0 Å². The Morgan fingerprint density at radius 2 is 2.15 bits per heavy atom. The van der Waals surface area contributed by atoms with E-state index in [2.05, 4.69) is 19.2 Å². The van der Waals surface area contributed by atoms with E-state index in [1.54, 1.807) is 18.2 Å². The maximum absolute atomic E-state index is 12.8. The van der Waals surface area contributed by atoms with Gasteiger partial charge in [0.2, 0.25) is 0 Å². The molecule has 1 aromatic rings. The summed E-state index contributed by atoms with van der Waals surface area (Å²) in [6.07, 6.45) is 1.97. The number of aryl methyl sites for hydroxylation is 1. The second-order valence-corrected chi connectivity index (χ2v) is 5.53. The summed E-state index contributed by atoms with van der Waals surface area (Å²) in [7, 11) is 0. The summed E-state index contributed by atoms with van der Waals surface area (Å²) in [5.74, 6) is 0.284. The van der Waals surface area contributed by atoms with Crippen LogP contribution in [0.3, 0.4) is 0 Å². The molecule has 1 heterocycles. The predicted molar refractivity (Wildman–Crippen MR) is 80.0 cm³/mol. The second kappa shape index (κ2) is 6.27. The molecule has 4 heteroatoms. The zero-order valence-electron chi connectivity index (χ0n) is 12.5. The Morgan fingerprint density at radius 3 is 2.75 bits per heavy atom. The van der Waals surface area contributed by atoms with Crippen LogP contribution in [0.25, 0.3) is 0 Å². The van der Waals surface area contributed by atoms with Gasteiger partial charge < -0.3 is 15.3 Å². The van der Waals surface area contributed by atoms with Crippen LogP contribution in [0.1, 0.15) is 42.6 Å². The Kier molecular flexibility index (Phi) is 4.65. The number of phenolic OH excluding ortho intramolecular Hbond substituents is 1. The van der Waals surface area contributed by atoms with Crippen LogP contribution in [0.4, 0.5) is 0 Å². The predicted octanol–water partition coefficient (Wildman–Crippen LogP) is 2.30. The summed E-state index contributed by atoms with van der Waals surface area (Å²) in [6.45, 7) is 7.74. The van der Waals surface area contributed by atoms with Crippen molar-refractivity contribution in [3.8, 4) is 5.75 Å². The number of rotatable bonds is 3. The van der Waals surface area contributed by atoms with Gasteiger partial charge in [0.05, 0.1) is 0 Å². The minimum atomic E-state index is 0.0781. The molecule has 2 unspecified atom stereocenters. The molecule has 2 N–H and O–H groups in total. The third-order valence-electron chi connectivity index (χ3n) is 4.17. The number of nitrogens with one attached hydrogen (secondary N) is 1. The van der Waals surface area contributed by atoms with Crippen LogP contribution < -0.4 is 5.32 Å². The van der Waals surface area contributed by atoms with Gasteiger partial charge >= 0.3 is 0 Å². The molecule has 110 valence electrons. The Morgan fingerprint density at radius 1 is 1.40 bits per heavy atom. The molecule has 0 radical (unpaired) electrons. The minimum Gasteiger partial charge on any atom is -0.508 e. The van der Waals surface area contributed by atoms with Crippen LogP contribution >= 0.6 is 0 Å². The van der Waals surface area contributed by atoms with E-state index >= 15 is 0 Å². The van der Waals surface area contributed by atoms with E-state index in [1.165, 1.54) is 0 Å². The highest BCUT2D eigenvalue weighted by Gasteiger charge is 2.30. The molecule has 1 aliphatic rings. The van der Waals surface area contributed by atoms with Crippen LogP contribution in [-0.4, -0.2) is 41.1 Å². The van der Waals surface area contributed by atoms with Crippen LogP contribution in [-0.2, 0) is 0 Å².